The second kappa shape index (κ2) is 4.85. The standard InChI is InChI=1S/C15H19NO3/c17-14(18)15(6-8-16-9-7-15)19-13-5-4-11-2-1-3-12(11)10-13/h4-5,10,16H,1-3,6-9H2,(H,17,18). The number of benzene rings is 1. The molecule has 3 rings (SSSR count). The van der Waals surface area contributed by atoms with Crippen LogP contribution in [0.1, 0.15) is 30.4 Å². The predicted molar refractivity (Wildman–Crippen MR) is 71.6 cm³/mol. The van der Waals surface area contributed by atoms with Crippen molar-refractivity contribution in [2.24, 2.45) is 0 Å². The second-order valence-corrected chi connectivity index (χ2v) is 5.44. The first-order valence-corrected chi connectivity index (χ1v) is 6.95. The topological polar surface area (TPSA) is 58.6 Å². The first-order valence-electron chi connectivity index (χ1n) is 6.95. The minimum Gasteiger partial charge on any atom is -0.478 e. The van der Waals surface area contributed by atoms with Crippen LogP contribution in [-0.4, -0.2) is 29.8 Å². The highest BCUT2D eigenvalue weighted by atomic mass is 16.5. The molecule has 19 heavy (non-hydrogen) atoms. The summed E-state index contributed by atoms with van der Waals surface area (Å²) in [6.07, 6.45) is 4.42. The summed E-state index contributed by atoms with van der Waals surface area (Å²) in [7, 11) is 0. The minimum absolute atomic E-state index is 0.513. The average Bonchev–Trinajstić information content (AvgIpc) is 2.87. The Hall–Kier alpha value is -1.55. The SMILES string of the molecule is O=C(O)C1(Oc2ccc3c(c2)CCC3)CCNCC1. The molecule has 0 spiro atoms. The van der Waals surface area contributed by atoms with E-state index in [1.807, 2.05) is 12.1 Å². The van der Waals surface area contributed by atoms with E-state index < -0.39 is 11.6 Å². The summed E-state index contributed by atoms with van der Waals surface area (Å²) < 4.78 is 5.89. The molecule has 2 N–H and O–H groups in total. The van der Waals surface area contributed by atoms with E-state index in [-0.39, 0.29) is 0 Å². The van der Waals surface area contributed by atoms with Crippen LogP contribution in [0.15, 0.2) is 18.2 Å². The molecule has 1 aromatic rings. The average molecular weight is 261 g/mol. The van der Waals surface area contributed by atoms with Gasteiger partial charge in [-0.3, -0.25) is 0 Å². The Labute approximate surface area is 112 Å². The van der Waals surface area contributed by atoms with Crippen molar-refractivity contribution in [3.8, 4) is 5.75 Å². The van der Waals surface area contributed by atoms with Crippen molar-refractivity contribution < 1.29 is 14.6 Å². The lowest BCUT2D eigenvalue weighted by Crippen LogP contribution is -2.52. The third kappa shape index (κ3) is 2.32. The number of nitrogens with one attached hydrogen (secondary N) is 1. The number of piperidine rings is 1. The van der Waals surface area contributed by atoms with E-state index in [4.69, 9.17) is 4.74 Å². The highest BCUT2D eigenvalue weighted by Crippen LogP contribution is 2.31. The molecule has 0 bridgehead atoms. The molecule has 1 heterocycles. The van der Waals surface area contributed by atoms with Gasteiger partial charge >= 0.3 is 5.97 Å². The highest BCUT2D eigenvalue weighted by molar-refractivity contribution is 5.78. The van der Waals surface area contributed by atoms with E-state index in [0.717, 1.165) is 12.8 Å². The molecule has 1 fully saturated rings. The highest BCUT2D eigenvalue weighted by Gasteiger charge is 2.42. The molecule has 0 atom stereocenters. The van der Waals surface area contributed by atoms with Gasteiger partial charge < -0.3 is 15.2 Å². The fraction of sp³-hybridized carbons (Fsp3) is 0.533. The Balaban J connectivity index is 1.84. The Kier molecular flexibility index (Phi) is 3.19. The van der Waals surface area contributed by atoms with Crippen molar-refractivity contribution in [2.75, 3.05) is 13.1 Å². The first kappa shape index (κ1) is 12.5. The van der Waals surface area contributed by atoms with E-state index in [0.29, 0.717) is 31.7 Å². The van der Waals surface area contributed by atoms with Crippen LogP contribution in [0.25, 0.3) is 0 Å². The number of hydrogen-bond donors (Lipinski definition) is 2. The van der Waals surface area contributed by atoms with Gasteiger partial charge in [-0.15, -0.1) is 0 Å². The summed E-state index contributed by atoms with van der Waals surface area (Å²) in [5.74, 6) is -0.153. The van der Waals surface area contributed by atoms with Crippen LogP contribution >= 0.6 is 0 Å². The van der Waals surface area contributed by atoms with Crippen LogP contribution in [0.5, 0.6) is 5.75 Å². The third-order valence-electron chi connectivity index (χ3n) is 4.18. The van der Waals surface area contributed by atoms with E-state index >= 15 is 0 Å². The van der Waals surface area contributed by atoms with Gasteiger partial charge in [0.15, 0.2) is 0 Å². The number of hydrogen-bond acceptors (Lipinski definition) is 3. The predicted octanol–water partition coefficient (Wildman–Crippen LogP) is 1.76. The zero-order valence-electron chi connectivity index (χ0n) is 10.9. The lowest BCUT2D eigenvalue weighted by Gasteiger charge is -2.34. The molecule has 1 aliphatic heterocycles. The van der Waals surface area contributed by atoms with Crippen molar-refractivity contribution in [1.82, 2.24) is 5.32 Å². The van der Waals surface area contributed by atoms with Crippen molar-refractivity contribution in [2.45, 2.75) is 37.7 Å². The van der Waals surface area contributed by atoms with E-state index in [9.17, 15) is 9.90 Å². The van der Waals surface area contributed by atoms with Crippen LogP contribution in [-0.2, 0) is 17.6 Å². The van der Waals surface area contributed by atoms with Gasteiger partial charge in [0.25, 0.3) is 0 Å². The molecular formula is C15H19NO3. The number of rotatable bonds is 3. The van der Waals surface area contributed by atoms with Gasteiger partial charge in [0, 0.05) is 12.8 Å². The van der Waals surface area contributed by atoms with Crippen molar-refractivity contribution >= 4 is 5.97 Å². The third-order valence-corrected chi connectivity index (χ3v) is 4.18. The van der Waals surface area contributed by atoms with Gasteiger partial charge in [-0.1, -0.05) is 6.07 Å². The van der Waals surface area contributed by atoms with Crippen molar-refractivity contribution in [3.63, 3.8) is 0 Å². The van der Waals surface area contributed by atoms with Crippen LogP contribution in [0.4, 0.5) is 0 Å². The minimum atomic E-state index is -1.06. The maximum absolute atomic E-state index is 11.6. The molecule has 0 amide bonds. The Morgan fingerprint density at radius 2 is 1.95 bits per heavy atom. The molecule has 4 heteroatoms. The number of aliphatic carboxylic acids is 1. The summed E-state index contributed by atoms with van der Waals surface area (Å²) in [4.78, 5) is 11.6. The van der Waals surface area contributed by atoms with Gasteiger partial charge in [-0.05, 0) is 55.6 Å². The molecule has 0 saturated carbocycles. The maximum atomic E-state index is 11.6. The molecule has 1 aromatic carbocycles. The molecule has 2 aliphatic rings. The summed E-state index contributed by atoms with van der Waals surface area (Å²) in [5, 5.41) is 12.7. The summed E-state index contributed by atoms with van der Waals surface area (Å²) in [6, 6.07) is 6.01. The molecule has 4 nitrogen and oxygen atoms in total. The van der Waals surface area contributed by atoms with Crippen LogP contribution in [0.3, 0.4) is 0 Å². The maximum Gasteiger partial charge on any atom is 0.348 e. The normalized spacial score (nSPS) is 20.8. The van der Waals surface area contributed by atoms with Gasteiger partial charge in [0.2, 0.25) is 5.60 Å². The number of carboxylic acid groups (broad SMARTS) is 1. The van der Waals surface area contributed by atoms with Gasteiger partial charge in [0.05, 0.1) is 0 Å². The van der Waals surface area contributed by atoms with Crippen LogP contribution in [0, 0.1) is 0 Å². The zero-order chi connectivity index (χ0) is 13.3. The summed E-state index contributed by atoms with van der Waals surface area (Å²) in [6.45, 7) is 1.38. The second-order valence-electron chi connectivity index (χ2n) is 5.44. The quantitative estimate of drug-likeness (QED) is 0.870. The fourth-order valence-electron chi connectivity index (χ4n) is 3.03. The van der Waals surface area contributed by atoms with Crippen molar-refractivity contribution in [3.05, 3.63) is 29.3 Å². The first-order chi connectivity index (χ1) is 9.20. The lowest BCUT2D eigenvalue weighted by molar-refractivity contribution is -0.157. The molecule has 1 saturated heterocycles. The lowest BCUT2D eigenvalue weighted by atomic mass is 9.92. The molecule has 0 radical (unpaired) electrons. The summed E-state index contributed by atoms with van der Waals surface area (Å²) >= 11 is 0. The van der Waals surface area contributed by atoms with E-state index in [2.05, 4.69) is 11.4 Å². The number of ether oxygens (including phenoxy) is 1. The van der Waals surface area contributed by atoms with Crippen LogP contribution < -0.4 is 10.1 Å². The molecular weight excluding hydrogens is 242 g/mol. The smallest absolute Gasteiger partial charge is 0.348 e. The monoisotopic (exact) mass is 261 g/mol. The van der Waals surface area contributed by atoms with Gasteiger partial charge in [-0.25, -0.2) is 4.79 Å². The molecule has 1 aliphatic carbocycles. The number of carboxylic acids is 1. The van der Waals surface area contributed by atoms with E-state index in [1.165, 1.54) is 17.5 Å². The summed E-state index contributed by atoms with van der Waals surface area (Å²) in [5.41, 5.74) is 1.63. The van der Waals surface area contributed by atoms with Gasteiger partial charge in [0.1, 0.15) is 5.75 Å². The zero-order valence-corrected chi connectivity index (χ0v) is 10.9. The Morgan fingerprint density at radius 1 is 1.21 bits per heavy atom. The number of carbonyl (C=O) groups is 1. The Morgan fingerprint density at radius 3 is 2.68 bits per heavy atom. The molecule has 102 valence electrons. The van der Waals surface area contributed by atoms with Gasteiger partial charge in [-0.2, -0.15) is 0 Å². The molecule has 0 aromatic heterocycles. The number of aryl methyl sites for hydroxylation is 2. The van der Waals surface area contributed by atoms with Crippen molar-refractivity contribution in [1.29, 1.82) is 0 Å². The van der Waals surface area contributed by atoms with E-state index in [1.54, 1.807) is 0 Å². The van der Waals surface area contributed by atoms with Crippen LogP contribution in [0.2, 0.25) is 0 Å². The largest absolute Gasteiger partial charge is 0.478 e. The molecule has 0 unspecified atom stereocenters. The number of fused-ring (bicyclic) bond motifs is 1. The fourth-order valence-corrected chi connectivity index (χ4v) is 3.03. The Bertz CT molecular complexity index is 492.